The van der Waals surface area contributed by atoms with Crippen molar-refractivity contribution in [2.75, 3.05) is 20.2 Å². The predicted molar refractivity (Wildman–Crippen MR) is 79.1 cm³/mol. The first-order chi connectivity index (χ1) is 10.3. The van der Waals surface area contributed by atoms with Gasteiger partial charge in [0, 0.05) is 24.9 Å². The Balaban J connectivity index is 1.85. The average molecular weight is 286 g/mol. The molecule has 2 heterocycles. The van der Waals surface area contributed by atoms with Crippen LogP contribution in [-0.2, 0) is 9.63 Å². The number of carbonyl (C=O) groups is 1. The molecule has 2 aliphatic heterocycles. The standard InChI is InChI=1S/C16H18N2O3/c1-20-13-7-5-12(6-8-13)15-14(16(19)21-17-15)11-18-9-3-2-4-10-18/h5-8,11H,2-4,9-10H2,1H3/b14-11-. The fourth-order valence-corrected chi connectivity index (χ4v) is 2.58. The van der Waals surface area contributed by atoms with Gasteiger partial charge in [0.05, 0.1) is 7.11 Å². The molecule has 1 saturated heterocycles. The van der Waals surface area contributed by atoms with Gasteiger partial charge in [0.25, 0.3) is 0 Å². The highest BCUT2D eigenvalue weighted by Gasteiger charge is 2.28. The van der Waals surface area contributed by atoms with Gasteiger partial charge in [-0.3, -0.25) is 0 Å². The molecule has 5 heteroatoms. The second-order valence-electron chi connectivity index (χ2n) is 5.19. The number of hydrogen-bond donors (Lipinski definition) is 0. The van der Waals surface area contributed by atoms with Crippen molar-refractivity contribution in [2.45, 2.75) is 19.3 Å². The van der Waals surface area contributed by atoms with Crippen molar-refractivity contribution in [1.29, 1.82) is 0 Å². The summed E-state index contributed by atoms with van der Waals surface area (Å²) in [6, 6.07) is 7.45. The van der Waals surface area contributed by atoms with Crippen LogP contribution in [0, 0.1) is 0 Å². The summed E-state index contributed by atoms with van der Waals surface area (Å²) in [5.74, 6) is 0.387. The lowest BCUT2D eigenvalue weighted by atomic mass is 10.0. The van der Waals surface area contributed by atoms with E-state index in [0.717, 1.165) is 37.2 Å². The quantitative estimate of drug-likeness (QED) is 0.632. The number of benzene rings is 1. The summed E-state index contributed by atoms with van der Waals surface area (Å²) in [6.45, 7) is 1.96. The Bertz CT molecular complexity index is 584. The Labute approximate surface area is 123 Å². The van der Waals surface area contributed by atoms with Crippen molar-refractivity contribution in [2.24, 2.45) is 5.16 Å². The maximum Gasteiger partial charge on any atom is 0.369 e. The van der Waals surface area contributed by atoms with Crippen LogP contribution in [0.2, 0.25) is 0 Å². The van der Waals surface area contributed by atoms with E-state index in [1.807, 2.05) is 30.5 Å². The molecule has 0 atom stereocenters. The van der Waals surface area contributed by atoms with Gasteiger partial charge < -0.3 is 14.5 Å². The zero-order valence-corrected chi connectivity index (χ0v) is 12.0. The van der Waals surface area contributed by atoms with Crippen molar-refractivity contribution < 1.29 is 14.4 Å². The minimum Gasteiger partial charge on any atom is -0.497 e. The zero-order valence-electron chi connectivity index (χ0n) is 12.0. The molecular formula is C16H18N2O3. The molecule has 1 aromatic rings. The van der Waals surface area contributed by atoms with Gasteiger partial charge in [-0.15, -0.1) is 0 Å². The van der Waals surface area contributed by atoms with Crippen molar-refractivity contribution in [3.05, 3.63) is 41.6 Å². The molecule has 5 nitrogen and oxygen atoms in total. The summed E-state index contributed by atoms with van der Waals surface area (Å²) >= 11 is 0. The lowest BCUT2D eigenvalue weighted by Crippen LogP contribution is -2.26. The summed E-state index contributed by atoms with van der Waals surface area (Å²) in [4.78, 5) is 18.9. The molecular weight excluding hydrogens is 268 g/mol. The number of hydrogen-bond acceptors (Lipinski definition) is 5. The highest BCUT2D eigenvalue weighted by atomic mass is 16.7. The number of likely N-dealkylation sites (tertiary alicyclic amines) is 1. The highest BCUT2D eigenvalue weighted by molar-refractivity contribution is 6.28. The summed E-state index contributed by atoms with van der Waals surface area (Å²) in [6.07, 6.45) is 5.46. The van der Waals surface area contributed by atoms with E-state index < -0.39 is 0 Å². The number of piperidine rings is 1. The van der Waals surface area contributed by atoms with E-state index in [2.05, 4.69) is 10.1 Å². The lowest BCUT2D eigenvalue weighted by Gasteiger charge is -2.25. The maximum atomic E-state index is 11.9. The van der Waals surface area contributed by atoms with Crippen LogP contribution in [-0.4, -0.2) is 36.8 Å². The van der Waals surface area contributed by atoms with Crippen LogP contribution >= 0.6 is 0 Å². The molecule has 0 N–H and O–H groups in total. The number of oxime groups is 1. The van der Waals surface area contributed by atoms with Crippen LogP contribution in [0.15, 0.2) is 41.2 Å². The predicted octanol–water partition coefficient (Wildman–Crippen LogP) is 2.33. The maximum absolute atomic E-state index is 11.9. The Hall–Kier alpha value is -2.30. The summed E-state index contributed by atoms with van der Waals surface area (Å²) in [7, 11) is 1.62. The molecule has 0 unspecified atom stereocenters. The summed E-state index contributed by atoms with van der Waals surface area (Å²) in [5.41, 5.74) is 1.97. The molecule has 0 amide bonds. The van der Waals surface area contributed by atoms with Gasteiger partial charge in [-0.2, -0.15) is 0 Å². The second kappa shape index (κ2) is 5.99. The average Bonchev–Trinajstić information content (AvgIpc) is 2.90. The molecule has 0 aromatic heterocycles. The molecule has 0 spiro atoms. The van der Waals surface area contributed by atoms with E-state index in [4.69, 9.17) is 9.57 Å². The first-order valence-electron chi connectivity index (χ1n) is 7.18. The van der Waals surface area contributed by atoms with Crippen LogP contribution in [0.5, 0.6) is 5.75 Å². The first-order valence-corrected chi connectivity index (χ1v) is 7.18. The van der Waals surface area contributed by atoms with E-state index in [1.165, 1.54) is 6.42 Å². The van der Waals surface area contributed by atoms with Crippen LogP contribution < -0.4 is 4.74 Å². The Morgan fingerprint density at radius 2 is 1.90 bits per heavy atom. The number of nitrogens with zero attached hydrogens (tertiary/aromatic N) is 2. The van der Waals surface area contributed by atoms with Crippen molar-refractivity contribution in [1.82, 2.24) is 4.90 Å². The summed E-state index contributed by atoms with van der Waals surface area (Å²) in [5, 5.41) is 3.92. The normalized spacial score (nSPS) is 20.4. The van der Waals surface area contributed by atoms with Gasteiger partial charge in [0.1, 0.15) is 17.0 Å². The molecule has 1 fully saturated rings. The Kier molecular flexibility index (Phi) is 3.90. The zero-order chi connectivity index (χ0) is 14.7. The van der Waals surface area contributed by atoms with E-state index >= 15 is 0 Å². The van der Waals surface area contributed by atoms with E-state index in [1.54, 1.807) is 7.11 Å². The van der Waals surface area contributed by atoms with Gasteiger partial charge >= 0.3 is 5.97 Å². The third kappa shape index (κ3) is 2.91. The molecule has 0 aliphatic carbocycles. The van der Waals surface area contributed by atoms with Crippen LogP contribution in [0.4, 0.5) is 0 Å². The SMILES string of the molecule is COc1ccc(C2=NOC(=O)/C2=C\N2CCCCC2)cc1. The monoisotopic (exact) mass is 286 g/mol. The topological polar surface area (TPSA) is 51.1 Å². The van der Waals surface area contributed by atoms with Crippen LogP contribution in [0.25, 0.3) is 0 Å². The minimum absolute atomic E-state index is 0.383. The third-order valence-corrected chi connectivity index (χ3v) is 3.76. The highest BCUT2D eigenvalue weighted by Crippen LogP contribution is 2.22. The molecule has 1 aromatic carbocycles. The smallest absolute Gasteiger partial charge is 0.369 e. The third-order valence-electron chi connectivity index (χ3n) is 3.76. The number of ether oxygens (including phenoxy) is 1. The van der Waals surface area contributed by atoms with Crippen LogP contribution in [0.1, 0.15) is 24.8 Å². The first kappa shape index (κ1) is 13.7. The molecule has 3 rings (SSSR count). The number of carbonyl (C=O) groups excluding carboxylic acids is 1. The molecule has 21 heavy (non-hydrogen) atoms. The lowest BCUT2D eigenvalue weighted by molar-refractivity contribution is -0.136. The Morgan fingerprint density at radius 1 is 1.19 bits per heavy atom. The van der Waals surface area contributed by atoms with Gasteiger partial charge in [0.15, 0.2) is 0 Å². The van der Waals surface area contributed by atoms with E-state index in [-0.39, 0.29) is 5.97 Å². The van der Waals surface area contributed by atoms with Crippen molar-refractivity contribution in [3.63, 3.8) is 0 Å². The fraction of sp³-hybridized carbons (Fsp3) is 0.375. The number of methoxy groups -OCH3 is 1. The second-order valence-corrected chi connectivity index (χ2v) is 5.19. The molecule has 2 aliphatic rings. The summed E-state index contributed by atoms with van der Waals surface area (Å²) < 4.78 is 5.14. The Morgan fingerprint density at radius 3 is 2.57 bits per heavy atom. The van der Waals surface area contributed by atoms with Gasteiger partial charge in [0.2, 0.25) is 0 Å². The van der Waals surface area contributed by atoms with Crippen molar-refractivity contribution in [3.8, 4) is 5.75 Å². The number of rotatable bonds is 3. The molecule has 0 saturated carbocycles. The van der Waals surface area contributed by atoms with Crippen molar-refractivity contribution >= 4 is 11.7 Å². The molecule has 0 radical (unpaired) electrons. The minimum atomic E-state index is -0.383. The van der Waals surface area contributed by atoms with Crippen LogP contribution in [0.3, 0.4) is 0 Å². The van der Waals surface area contributed by atoms with Gasteiger partial charge in [-0.05, 0) is 43.5 Å². The molecule has 0 bridgehead atoms. The van der Waals surface area contributed by atoms with Gasteiger partial charge in [-0.1, -0.05) is 5.16 Å². The van der Waals surface area contributed by atoms with Gasteiger partial charge in [-0.25, -0.2) is 4.79 Å². The fourth-order valence-electron chi connectivity index (χ4n) is 2.58. The van der Waals surface area contributed by atoms with E-state index in [0.29, 0.717) is 11.3 Å². The molecule has 110 valence electrons. The largest absolute Gasteiger partial charge is 0.497 e. The van der Waals surface area contributed by atoms with E-state index in [9.17, 15) is 4.79 Å².